The zero-order valence-electron chi connectivity index (χ0n) is 20.7. The number of hydrogen-bond donors (Lipinski definition) is 2. The number of aliphatic hydroxyl groups is 1. The van der Waals surface area contributed by atoms with Gasteiger partial charge in [-0.2, -0.15) is 0 Å². The molecule has 3 aromatic rings. The van der Waals surface area contributed by atoms with Gasteiger partial charge in [0, 0.05) is 18.2 Å². The molecule has 2 N–H and O–H groups in total. The van der Waals surface area contributed by atoms with Gasteiger partial charge in [0.25, 0.3) is 5.91 Å². The van der Waals surface area contributed by atoms with E-state index in [2.05, 4.69) is 20.4 Å². The lowest BCUT2D eigenvalue weighted by molar-refractivity contribution is -0.110. The maximum atomic E-state index is 13.2. The average molecular weight is 548 g/mol. The third kappa shape index (κ3) is 6.80. The number of nitrogens with zero attached hydrogens (tertiary/aromatic N) is 4. The molecule has 0 saturated heterocycles. The first-order valence-electron chi connectivity index (χ1n) is 11.7. The van der Waals surface area contributed by atoms with Crippen molar-refractivity contribution in [2.75, 3.05) is 39.2 Å². The molecule has 1 saturated carbocycles. The molecule has 4 rings (SSSR count). The number of fused-ring (bicyclic) bond motifs is 1. The van der Waals surface area contributed by atoms with Gasteiger partial charge in [-0.1, -0.05) is 28.6 Å². The molecule has 1 aliphatic carbocycles. The second kappa shape index (κ2) is 11.5. The van der Waals surface area contributed by atoms with E-state index in [1.165, 1.54) is 35.6 Å². The molecule has 0 spiro atoms. The number of pyridine rings is 1. The Kier molecular flexibility index (Phi) is 8.37. The van der Waals surface area contributed by atoms with Crippen LogP contribution in [-0.4, -0.2) is 85.2 Å². The fraction of sp³-hybridized carbons (Fsp3) is 0.417. The van der Waals surface area contributed by atoms with Gasteiger partial charge in [-0.3, -0.25) is 10.1 Å². The van der Waals surface area contributed by atoms with Crippen molar-refractivity contribution in [2.45, 2.75) is 36.0 Å². The molecule has 13 heteroatoms. The Morgan fingerprint density at radius 3 is 2.59 bits per heavy atom. The molecule has 1 amide bonds. The minimum absolute atomic E-state index is 0.0874. The van der Waals surface area contributed by atoms with Crippen LogP contribution in [0.5, 0.6) is 5.88 Å². The maximum Gasteiger partial charge on any atom is 0.280 e. The van der Waals surface area contributed by atoms with Gasteiger partial charge in [0.05, 0.1) is 16.8 Å². The summed E-state index contributed by atoms with van der Waals surface area (Å²) in [5.41, 5.74) is 0.863. The normalized spacial score (nSPS) is 15.1. The lowest BCUT2D eigenvalue weighted by Gasteiger charge is -2.10. The second-order valence-corrected chi connectivity index (χ2v) is 12.1. The number of aliphatic hydroxyl groups excluding tert-OH is 1. The highest BCUT2D eigenvalue weighted by Crippen LogP contribution is 2.33. The van der Waals surface area contributed by atoms with Crippen LogP contribution in [0.1, 0.15) is 25.3 Å². The summed E-state index contributed by atoms with van der Waals surface area (Å²) in [5, 5.41) is 15.9. The number of hydrogen-bond acceptors (Lipinski definition) is 11. The van der Waals surface area contributed by atoms with E-state index in [9.17, 15) is 18.3 Å². The summed E-state index contributed by atoms with van der Waals surface area (Å²) in [6.45, 7) is 2.54. The Morgan fingerprint density at radius 1 is 1.22 bits per heavy atom. The standard InChI is InChI=1S/C24H29N5O6S2/c1-15(14-30)35-28-21(16-4-6-17(7-5-16)37(32,33)18-8-9-18)22(31)27-24-25-19-10-11-20(26-23(19)36-24)34-13-12-29(2)3/h4-7,10-11,15,18,30H,8-9,12-14H2,1-3H3,(H,25,27,31)/b28-21+/t15-/m1/s1. The number of aromatic nitrogens is 2. The van der Waals surface area contributed by atoms with Crippen LogP contribution in [0.2, 0.25) is 0 Å². The number of rotatable bonds is 12. The Balaban J connectivity index is 1.53. The minimum atomic E-state index is -3.37. The molecule has 0 bridgehead atoms. The highest BCUT2D eigenvalue weighted by atomic mass is 32.2. The Hall–Kier alpha value is -3.13. The zero-order chi connectivity index (χ0) is 26.6. The second-order valence-electron chi connectivity index (χ2n) is 8.91. The molecular formula is C24H29N5O6S2. The van der Waals surface area contributed by atoms with Crippen molar-refractivity contribution >= 4 is 48.3 Å². The highest BCUT2D eigenvalue weighted by Gasteiger charge is 2.36. The minimum Gasteiger partial charge on any atom is -0.476 e. The van der Waals surface area contributed by atoms with E-state index >= 15 is 0 Å². The first kappa shape index (κ1) is 26.9. The Labute approximate surface area is 219 Å². The molecule has 0 aliphatic heterocycles. The third-order valence-corrected chi connectivity index (χ3v) is 8.61. The summed E-state index contributed by atoms with van der Waals surface area (Å²) in [5.74, 6) is -0.143. The number of likely N-dealkylation sites (N-methyl/N-ethyl adjacent to an activating group) is 1. The van der Waals surface area contributed by atoms with Crippen molar-refractivity contribution in [3.63, 3.8) is 0 Å². The van der Waals surface area contributed by atoms with E-state index in [0.29, 0.717) is 46.4 Å². The first-order valence-corrected chi connectivity index (χ1v) is 14.1. The number of nitrogens with one attached hydrogen (secondary N) is 1. The summed E-state index contributed by atoms with van der Waals surface area (Å²) in [6.07, 6.45) is 0.675. The van der Waals surface area contributed by atoms with Crippen molar-refractivity contribution < 1.29 is 27.9 Å². The SMILES string of the molecule is C[C@H](CO)O/N=C(/C(=O)Nc1nc2ccc(OCCN(C)C)nc2s1)c1ccc(S(=O)(=O)C2CC2)cc1. The van der Waals surface area contributed by atoms with Gasteiger partial charge >= 0.3 is 0 Å². The van der Waals surface area contributed by atoms with Crippen molar-refractivity contribution in [1.29, 1.82) is 0 Å². The van der Waals surface area contributed by atoms with Crippen molar-refractivity contribution in [3.8, 4) is 5.88 Å². The monoisotopic (exact) mass is 547 g/mol. The third-order valence-electron chi connectivity index (χ3n) is 5.45. The molecule has 37 heavy (non-hydrogen) atoms. The fourth-order valence-electron chi connectivity index (χ4n) is 3.20. The van der Waals surface area contributed by atoms with Gasteiger partial charge in [-0.25, -0.2) is 18.4 Å². The van der Waals surface area contributed by atoms with Crippen LogP contribution in [-0.2, 0) is 19.5 Å². The number of thiazole rings is 1. The molecular weight excluding hydrogens is 518 g/mol. The lowest BCUT2D eigenvalue weighted by atomic mass is 10.1. The van der Waals surface area contributed by atoms with Crippen LogP contribution in [0.3, 0.4) is 0 Å². The van der Waals surface area contributed by atoms with Gasteiger partial charge in [0.1, 0.15) is 23.1 Å². The highest BCUT2D eigenvalue weighted by molar-refractivity contribution is 7.92. The van der Waals surface area contributed by atoms with Gasteiger partial charge in [-0.05, 0) is 52.1 Å². The molecule has 1 aromatic carbocycles. The van der Waals surface area contributed by atoms with E-state index in [4.69, 9.17) is 9.57 Å². The quantitative estimate of drug-likeness (QED) is 0.258. The summed E-state index contributed by atoms with van der Waals surface area (Å²) in [6, 6.07) is 9.42. The van der Waals surface area contributed by atoms with Crippen molar-refractivity contribution in [1.82, 2.24) is 14.9 Å². The molecule has 2 heterocycles. The molecule has 1 aliphatic rings. The average Bonchev–Trinajstić information content (AvgIpc) is 3.65. The van der Waals surface area contributed by atoms with Crippen LogP contribution in [0.4, 0.5) is 5.13 Å². The van der Waals surface area contributed by atoms with Gasteiger partial charge in [-0.15, -0.1) is 0 Å². The molecule has 11 nitrogen and oxygen atoms in total. The van der Waals surface area contributed by atoms with Crippen molar-refractivity contribution in [3.05, 3.63) is 42.0 Å². The fourth-order valence-corrected chi connectivity index (χ4v) is 5.68. The number of carbonyl (C=O) groups is 1. The molecule has 198 valence electrons. The molecule has 1 fully saturated rings. The van der Waals surface area contributed by atoms with E-state index in [1.54, 1.807) is 19.1 Å². The molecule has 0 radical (unpaired) electrons. The van der Waals surface area contributed by atoms with Gasteiger partial charge < -0.3 is 19.6 Å². The van der Waals surface area contributed by atoms with E-state index in [0.717, 1.165) is 6.54 Å². The van der Waals surface area contributed by atoms with Crippen LogP contribution in [0, 0.1) is 0 Å². The number of oxime groups is 1. The van der Waals surface area contributed by atoms with Crippen LogP contribution >= 0.6 is 11.3 Å². The van der Waals surface area contributed by atoms with E-state index in [1.807, 2.05) is 19.0 Å². The predicted octanol–water partition coefficient (Wildman–Crippen LogP) is 2.31. The maximum absolute atomic E-state index is 13.2. The molecule has 2 aromatic heterocycles. The summed E-state index contributed by atoms with van der Waals surface area (Å²) < 4.78 is 30.7. The smallest absolute Gasteiger partial charge is 0.280 e. The zero-order valence-corrected chi connectivity index (χ0v) is 22.4. The number of amides is 1. The largest absolute Gasteiger partial charge is 0.476 e. The molecule has 1 atom stereocenters. The molecule has 0 unspecified atom stereocenters. The van der Waals surface area contributed by atoms with Crippen molar-refractivity contribution in [2.24, 2.45) is 5.16 Å². The topological polar surface area (TPSA) is 143 Å². The number of sulfone groups is 1. The number of benzene rings is 1. The summed E-state index contributed by atoms with van der Waals surface area (Å²) in [4.78, 5) is 30.1. The number of ether oxygens (including phenoxy) is 1. The summed E-state index contributed by atoms with van der Waals surface area (Å²) >= 11 is 1.18. The predicted molar refractivity (Wildman–Crippen MR) is 141 cm³/mol. The van der Waals surface area contributed by atoms with E-state index < -0.39 is 21.8 Å². The number of carbonyl (C=O) groups excluding carboxylic acids is 1. The van der Waals surface area contributed by atoms with Crippen LogP contribution in [0.15, 0.2) is 46.4 Å². The van der Waals surface area contributed by atoms with Gasteiger partial charge in [0.15, 0.2) is 20.7 Å². The Morgan fingerprint density at radius 2 is 1.95 bits per heavy atom. The lowest BCUT2D eigenvalue weighted by Crippen LogP contribution is -2.25. The number of anilines is 1. The van der Waals surface area contributed by atoms with Crippen LogP contribution in [0.25, 0.3) is 10.3 Å². The van der Waals surface area contributed by atoms with Crippen LogP contribution < -0.4 is 10.1 Å². The first-order chi connectivity index (χ1) is 17.7. The summed E-state index contributed by atoms with van der Waals surface area (Å²) in [7, 11) is 0.540. The van der Waals surface area contributed by atoms with Gasteiger partial charge in [0.2, 0.25) is 5.88 Å². The van der Waals surface area contributed by atoms with E-state index in [-0.39, 0.29) is 22.5 Å². The Bertz CT molecular complexity index is 1380.